The number of ether oxygens (including phenoxy) is 3. The Bertz CT molecular complexity index is 1600. The predicted molar refractivity (Wildman–Crippen MR) is 172 cm³/mol. The number of para-hydroxylation sites is 1. The van der Waals surface area contributed by atoms with E-state index in [0.717, 1.165) is 61.6 Å². The Balaban J connectivity index is 1.65. The summed E-state index contributed by atoms with van der Waals surface area (Å²) in [6.07, 6.45) is 1.10. The van der Waals surface area contributed by atoms with Gasteiger partial charge in [0.05, 0.1) is 38.2 Å². The van der Waals surface area contributed by atoms with Gasteiger partial charge >= 0.3 is 0 Å². The number of aromatic nitrogens is 2. The van der Waals surface area contributed by atoms with Crippen LogP contribution in [0, 0.1) is 0 Å². The van der Waals surface area contributed by atoms with E-state index in [-0.39, 0.29) is 0 Å². The monoisotopic (exact) mass is 566 g/mol. The van der Waals surface area contributed by atoms with Gasteiger partial charge in [0, 0.05) is 34.9 Å². The van der Waals surface area contributed by atoms with Crippen molar-refractivity contribution in [2.45, 2.75) is 33.4 Å². The Hall–Kier alpha value is -4.07. The van der Waals surface area contributed by atoms with Crippen molar-refractivity contribution in [1.29, 1.82) is 0 Å². The van der Waals surface area contributed by atoms with Crippen molar-refractivity contribution < 1.29 is 14.2 Å². The van der Waals surface area contributed by atoms with Crippen molar-refractivity contribution in [2.75, 3.05) is 47.5 Å². The molecule has 2 aromatic heterocycles. The second kappa shape index (κ2) is 13.7. The molecule has 0 spiro atoms. The van der Waals surface area contributed by atoms with Crippen LogP contribution in [-0.2, 0) is 13.1 Å². The number of benzene rings is 3. The zero-order valence-corrected chi connectivity index (χ0v) is 25.4. The Kier molecular flexibility index (Phi) is 9.62. The van der Waals surface area contributed by atoms with E-state index in [1.165, 1.54) is 21.9 Å². The molecule has 220 valence electrons. The summed E-state index contributed by atoms with van der Waals surface area (Å²) in [5.41, 5.74) is 6.29. The van der Waals surface area contributed by atoms with Gasteiger partial charge in [-0.15, -0.1) is 0 Å². The molecule has 0 amide bonds. The van der Waals surface area contributed by atoms with Gasteiger partial charge in [-0.1, -0.05) is 62.4 Å². The fraction of sp³-hybridized carbons (Fsp3) is 0.343. The molecule has 7 heteroatoms. The number of hydrogen-bond donors (Lipinski definition) is 1. The third-order valence-electron chi connectivity index (χ3n) is 7.95. The van der Waals surface area contributed by atoms with Gasteiger partial charge in [-0.2, -0.15) is 0 Å². The molecular weight excluding hydrogens is 524 g/mol. The van der Waals surface area contributed by atoms with Crippen molar-refractivity contribution >= 4 is 21.8 Å². The molecular formula is C35H42N4O3. The van der Waals surface area contributed by atoms with Gasteiger partial charge in [-0.25, -0.2) is 4.98 Å². The molecule has 0 aliphatic rings. The number of nitrogens with one attached hydrogen (secondary N) is 1. The lowest BCUT2D eigenvalue weighted by molar-refractivity contribution is 0.298. The molecule has 7 nitrogen and oxygen atoms in total. The van der Waals surface area contributed by atoms with Gasteiger partial charge in [0.15, 0.2) is 11.5 Å². The molecule has 0 saturated carbocycles. The highest BCUT2D eigenvalue weighted by atomic mass is 16.5. The van der Waals surface area contributed by atoms with E-state index in [1.54, 1.807) is 21.3 Å². The third-order valence-corrected chi connectivity index (χ3v) is 7.95. The first-order valence-electron chi connectivity index (χ1n) is 14.8. The van der Waals surface area contributed by atoms with Gasteiger partial charge in [0.1, 0.15) is 0 Å². The summed E-state index contributed by atoms with van der Waals surface area (Å²) >= 11 is 0. The van der Waals surface area contributed by atoms with Crippen LogP contribution in [0.3, 0.4) is 0 Å². The average Bonchev–Trinajstić information content (AvgIpc) is 3.35. The van der Waals surface area contributed by atoms with E-state index < -0.39 is 0 Å². The summed E-state index contributed by atoms with van der Waals surface area (Å²) in [4.78, 5) is 7.75. The molecule has 5 rings (SSSR count). The summed E-state index contributed by atoms with van der Waals surface area (Å²) in [6.45, 7) is 10.0. The van der Waals surface area contributed by atoms with E-state index in [2.05, 4.69) is 89.3 Å². The van der Waals surface area contributed by atoms with Crippen molar-refractivity contribution in [3.05, 3.63) is 84.1 Å². The second-order valence-corrected chi connectivity index (χ2v) is 10.4. The van der Waals surface area contributed by atoms with Gasteiger partial charge < -0.3 is 29.0 Å². The maximum Gasteiger partial charge on any atom is 0.203 e. The molecule has 0 aliphatic heterocycles. The van der Waals surface area contributed by atoms with Crippen LogP contribution < -0.4 is 19.5 Å². The van der Waals surface area contributed by atoms with Crippen molar-refractivity contribution in [2.24, 2.45) is 0 Å². The largest absolute Gasteiger partial charge is 0.493 e. The number of hydrogen-bond acceptors (Lipinski definition) is 6. The van der Waals surface area contributed by atoms with Crippen LogP contribution in [0.1, 0.15) is 31.5 Å². The molecule has 1 N–H and O–H groups in total. The van der Waals surface area contributed by atoms with Crippen LogP contribution in [0.5, 0.6) is 17.2 Å². The van der Waals surface area contributed by atoms with Gasteiger partial charge in [-0.3, -0.25) is 0 Å². The first kappa shape index (κ1) is 29.4. The molecule has 0 atom stereocenters. The molecule has 0 bridgehead atoms. The summed E-state index contributed by atoms with van der Waals surface area (Å²) in [7, 11) is 4.92. The minimum absolute atomic E-state index is 0.566. The van der Waals surface area contributed by atoms with Crippen LogP contribution in [0.25, 0.3) is 33.1 Å². The fourth-order valence-corrected chi connectivity index (χ4v) is 5.75. The number of fused-ring (bicyclic) bond motifs is 3. The topological polar surface area (TPSA) is 60.8 Å². The molecule has 2 heterocycles. The normalized spacial score (nSPS) is 11.5. The van der Waals surface area contributed by atoms with E-state index in [0.29, 0.717) is 23.8 Å². The minimum Gasteiger partial charge on any atom is -0.493 e. The van der Waals surface area contributed by atoms with Crippen LogP contribution in [0.2, 0.25) is 0 Å². The molecule has 0 saturated heterocycles. The van der Waals surface area contributed by atoms with E-state index in [4.69, 9.17) is 19.2 Å². The highest BCUT2D eigenvalue weighted by molar-refractivity contribution is 6.12. The molecule has 5 aromatic rings. The Morgan fingerprint density at radius 3 is 2.17 bits per heavy atom. The maximum atomic E-state index is 5.74. The number of rotatable bonds is 14. The van der Waals surface area contributed by atoms with E-state index >= 15 is 0 Å². The lowest BCUT2D eigenvalue weighted by Crippen LogP contribution is -2.27. The Morgan fingerprint density at radius 2 is 1.50 bits per heavy atom. The maximum absolute atomic E-state index is 5.74. The zero-order chi connectivity index (χ0) is 29.5. The van der Waals surface area contributed by atoms with E-state index in [1.807, 2.05) is 12.1 Å². The van der Waals surface area contributed by atoms with E-state index in [9.17, 15) is 0 Å². The summed E-state index contributed by atoms with van der Waals surface area (Å²) in [5.74, 6) is 1.77. The van der Waals surface area contributed by atoms with Gasteiger partial charge in [0.2, 0.25) is 5.75 Å². The standard InChI is InChI=1S/C35H42N4O3/c1-6-38(7-2)19-13-18-36-23-27-22-29-28-16-11-12-17-30(28)39(24-25-14-9-8-10-15-25)34(29)33(37-27)26-20-31(40-3)35(42-5)32(21-26)41-4/h8-12,14-17,20-22,36H,6-7,13,18-19,23-24H2,1-5H3. The molecule has 0 radical (unpaired) electrons. The smallest absolute Gasteiger partial charge is 0.203 e. The average molecular weight is 567 g/mol. The van der Waals surface area contributed by atoms with Crippen LogP contribution in [0.15, 0.2) is 72.8 Å². The number of nitrogens with zero attached hydrogens (tertiary/aromatic N) is 3. The first-order chi connectivity index (χ1) is 20.6. The second-order valence-electron chi connectivity index (χ2n) is 10.4. The summed E-state index contributed by atoms with van der Waals surface area (Å²) in [6, 6.07) is 25.4. The van der Waals surface area contributed by atoms with Gasteiger partial charge in [-0.05, 0) is 62.4 Å². The highest BCUT2D eigenvalue weighted by Crippen LogP contribution is 2.43. The quantitative estimate of drug-likeness (QED) is 0.150. The Morgan fingerprint density at radius 1 is 0.810 bits per heavy atom. The number of pyridine rings is 1. The molecule has 0 fully saturated rings. The minimum atomic E-state index is 0.566. The molecule has 3 aromatic carbocycles. The van der Waals surface area contributed by atoms with Crippen molar-refractivity contribution in [3.63, 3.8) is 0 Å². The van der Waals surface area contributed by atoms with Crippen LogP contribution in [-0.4, -0.2) is 62.0 Å². The predicted octanol–water partition coefficient (Wildman–Crippen LogP) is 6.75. The lowest BCUT2D eigenvalue weighted by Gasteiger charge is -2.18. The highest BCUT2D eigenvalue weighted by Gasteiger charge is 2.21. The summed E-state index contributed by atoms with van der Waals surface area (Å²) in [5, 5.41) is 6.03. The van der Waals surface area contributed by atoms with Crippen LogP contribution >= 0.6 is 0 Å². The lowest BCUT2D eigenvalue weighted by atomic mass is 10.0. The zero-order valence-electron chi connectivity index (χ0n) is 25.4. The van der Waals surface area contributed by atoms with Crippen LogP contribution in [0.4, 0.5) is 0 Å². The fourth-order valence-electron chi connectivity index (χ4n) is 5.75. The first-order valence-corrected chi connectivity index (χ1v) is 14.8. The van der Waals surface area contributed by atoms with Crippen molar-refractivity contribution in [1.82, 2.24) is 19.8 Å². The molecule has 0 unspecified atom stereocenters. The molecule has 0 aliphatic carbocycles. The molecule has 42 heavy (non-hydrogen) atoms. The van der Waals surface area contributed by atoms with Crippen molar-refractivity contribution in [3.8, 4) is 28.5 Å². The Labute approximate surface area is 249 Å². The SMILES string of the molecule is CCN(CC)CCCNCc1cc2c3ccccc3n(Cc3ccccc3)c2c(-c2cc(OC)c(OC)c(OC)c2)n1. The number of methoxy groups -OCH3 is 3. The van der Waals surface area contributed by atoms with Gasteiger partial charge in [0.25, 0.3) is 0 Å². The summed E-state index contributed by atoms with van der Waals surface area (Å²) < 4.78 is 19.5. The third kappa shape index (κ3) is 6.08.